The minimum atomic E-state index is -1.26. The highest BCUT2D eigenvalue weighted by atomic mass is 28.3. The number of carbonyl (C=O) groups excluding carboxylic acids is 1. The summed E-state index contributed by atoms with van der Waals surface area (Å²) >= 11 is 0. The van der Waals surface area contributed by atoms with Crippen molar-refractivity contribution in [2.24, 2.45) is 5.41 Å². The van der Waals surface area contributed by atoms with Crippen LogP contribution in [0.5, 0.6) is 11.5 Å². The number of aromatic nitrogens is 2. The Morgan fingerprint density at radius 3 is 2.61 bits per heavy atom. The topological polar surface area (TPSA) is 110 Å². The number of ether oxygens (including phenoxy) is 3. The van der Waals surface area contributed by atoms with Gasteiger partial charge in [0.25, 0.3) is 0 Å². The average molecular weight is 544 g/mol. The first-order valence-corrected chi connectivity index (χ1v) is 15.9. The molecule has 0 unspecified atom stereocenters. The lowest BCUT2D eigenvalue weighted by Gasteiger charge is -2.37. The molecule has 0 saturated carbocycles. The molecule has 2 N–H and O–H groups in total. The Balaban J connectivity index is 1.50. The van der Waals surface area contributed by atoms with E-state index in [1.54, 1.807) is 10.8 Å². The number of amides is 2. The van der Waals surface area contributed by atoms with Gasteiger partial charge in [-0.15, -0.1) is 0 Å². The van der Waals surface area contributed by atoms with E-state index in [2.05, 4.69) is 41.3 Å². The molecule has 9 nitrogen and oxygen atoms in total. The number of anilines is 1. The lowest BCUT2D eigenvalue weighted by atomic mass is 9.89. The Labute approximate surface area is 220 Å². The fraction of sp³-hybridized carbons (Fsp3) is 0.423. The van der Waals surface area contributed by atoms with Crippen molar-refractivity contribution in [3.63, 3.8) is 0 Å². The van der Waals surface area contributed by atoms with Crippen molar-refractivity contribution in [3.8, 4) is 17.6 Å². The molecule has 2 amide bonds. The molecule has 202 valence electrons. The van der Waals surface area contributed by atoms with Crippen molar-refractivity contribution in [3.05, 3.63) is 47.8 Å². The maximum absolute atomic E-state index is 14.9. The number of pyridine rings is 1. The van der Waals surface area contributed by atoms with E-state index in [0.717, 1.165) is 18.2 Å². The van der Waals surface area contributed by atoms with Gasteiger partial charge in [0.15, 0.2) is 17.4 Å². The smallest absolute Gasteiger partial charge is 0.319 e. The van der Waals surface area contributed by atoms with E-state index in [0.29, 0.717) is 37.4 Å². The number of carbonyl (C=O) groups is 1. The largest absolute Gasteiger partial charge is 0.450 e. The lowest BCUT2D eigenvalue weighted by molar-refractivity contribution is -0.0974. The van der Waals surface area contributed by atoms with E-state index in [-0.39, 0.29) is 29.1 Å². The molecule has 38 heavy (non-hydrogen) atoms. The minimum Gasteiger partial charge on any atom is -0.450 e. The SMILES string of the molecule is CC1(CNC(=O)Nc2cc(F)c(Oc3ccnc4c3c(C#N)cn4COCC[Si](C)(C)C)c(F)c2)COC1. The first-order chi connectivity index (χ1) is 18.0. The molecular weight excluding hydrogens is 512 g/mol. The molecular formula is C26H31F2N5O4Si. The maximum atomic E-state index is 14.9. The summed E-state index contributed by atoms with van der Waals surface area (Å²) in [6.45, 7) is 10.9. The summed E-state index contributed by atoms with van der Waals surface area (Å²) in [6, 6.07) is 5.84. The van der Waals surface area contributed by atoms with Gasteiger partial charge in [-0.25, -0.2) is 18.6 Å². The number of rotatable bonds is 10. The number of hydrogen-bond donors (Lipinski definition) is 2. The second-order valence-electron chi connectivity index (χ2n) is 11.0. The number of nitrogens with one attached hydrogen (secondary N) is 2. The van der Waals surface area contributed by atoms with Crippen LogP contribution in [0.15, 0.2) is 30.6 Å². The van der Waals surface area contributed by atoms with E-state index >= 15 is 0 Å². The van der Waals surface area contributed by atoms with Crippen molar-refractivity contribution in [2.45, 2.75) is 39.3 Å². The van der Waals surface area contributed by atoms with Crippen LogP contribution >= 0.6 is 0 Å². The fourth-order valence-corrected chi connectivity index (χ4v) is 4.61. The third kappa shape index (κ3) is 6.47. The summed E-state index contributed by atoms with van der Waals surface area (Å²) in [4.78, 5) is 16.5. The van der Waals surface area contributed by atoms with Gasteiger partial charge < -0.3 is 29.4 Å². The zero-order chi connectivity index (χ0) is 27.5. The number of halogens is 2. The van der Waals surface area contributed by atoms with Gasteiger partial charge in [-0.05, 0) is 12.1 Å². The molecule has 1 saturated heterocycles. The molecule has 1 aliphatic rings. The van der Waals surface area contributed by atoms with Gasteiger partial charge >= 0.3 is 6.03 Å². The summed E-state index contributed by atoms with van der Waals surface area (Å²) in [5.41, 5.74) is 0.411. The monoisotopic (exact) mass is 543 g/mol. The van der Waals surface area contributed by atoms with Crippen LogP contribution in [0, 0.1) is 28.4 Å². The van der Waals surface area contributed by atoms with E-state index < -0.39 is 31.5 Å². The van der Waals surface area contributed by atoms with Crippen molar-refractivity contribution in [1.29, 1.82) is 5.26 Å². The van der Waals surface area contributed by atoms with Crippen LogP contribution in [-0.4, -0.2) is 50.0 Å². The highest BCUT2D eigenvalue weighted by molar-refractivity contribution is 6.76. The Morgan fingerprint density at radius 2 is 2.00 bits per heavy atom. The number of fused-ring (bicyclic) bond motifs is 1. The Hall–Kier alpha value is -3.53. The predicted molar refractivity (Wildman–Crippen MR) is 141 cm³/mol. The predicted octanol–water partition coefficient (Wildman–Crippen LogP) is 5.45. The van der Waals surface area contributed by atoms with Gasteiger partial charge in [0, 0.05) is 56.9 Å². The molecule has 0 bridgehead atoms. The molecule has 1 aliphatic heterocycles. The number of nitrogens with zero attached hydrogens (tertiary/aromatic N) is 3. The average Bonchev–Trinajstić information content (AvgIpc) is 3.19. The molecule has 12 heteroatoms. The van der Waals surface area contributed by atoms with Gasteiger partial charge in [0.05, 0.1) is 24.2 Å². The Bertz CT molecular complexity index is 1360. The van der Waals surface area contributed by atoms with Crippen LogP contribution in [0.25, 0.3) is 11.0 Å². The first kappa shape index (κ1) is 27.5. The van der Waals surface area contributed by atoms with Gasteiger partial charge in [0.1, 0.15) is 24.2 Å². The second-order valence-corrected chi connectivity index (χ2v) is 16.6. The molecule has 4 rings (SSSR count). The van der Waals surface area contributed by atoms with Gasteiger partial charge in [-0.1, -0.05) is 26.6 Å². The summed E-state index contributed by atoms with van der Waals surface area (Å²) in [6.07, 6.45) is 3.01. The lowest BCUT2D eigenvalue weighted by Crippen LogP contribution is -2.49. The summed E-state index contributed by atoms with van der Waals surface area (Å²) in [5.74, 6) is -2.63. The van der Waals surface area contributed by atoms with Crippen molar-refractivity contribution < 1.29 is 27.8 Å². The number of benzene rings is 1. The number of nitriles is 1. The second kappa shape index (κ2) is 11.1. The number of hydrogen-bond acceptors (Lipinski definition) is 6. The minimum absolute atomic E-state index is 0.0691. The first-order valence-electron chi connectivity index (χ1n) is 12.2. The van der Waals surface area contributed by atoms with Crippen LogP contribution in [0.3, 0.4) is 0 Å². The third-order valence-corrected chi connectivity index (χ3v) is 7.82. The molecule has 3 heterocycles. The van der Waals surface area contributed by atoms with Gasteiger partial charge in [-0.3, -0.25) is 0 Å². The molecule has 0 atom stereocenters. The van der Waals surface area contributed by atoms with Crippen LogP contribution in [0.1, 0.15) is 12.5 Å². The molecule has 2 aromatic heterocycles. The zero-order valence-electron chi connectivity index (χ0n) is 21.9. The van der Waals surface area contributed by atoms with Crippen LogP contribution in [0.2, 0.25) is 25.7 Å². The molecule has 1 aromatic carbocycles. The third-order valence-electron chi connectivity index (χ3n) is 6.11. The maximum Gasteiger partial charge on any atom is 0.319 e. The summed E-state index contributed by atoms with van der Waals surface area (Å²) in [7, 11) is -1.26. The van der Waals surface area contributed by atoms with E-state index in [1.807, 2.05) is 6.92 Å². The van der Waals surface area contributed by atoms with E-state index in [9.17, 15) is 18.8 Å². The quantitative estimate of drug-likeness (QED) is 0.260. The van der Waals surface area contributed by atoms with Crippen LogP contribution < -0.4 is 15.4 Å². The van der Waals surface area contributed by atoms with Gasteiger partial charge in [0.2, 0.25) is 0 Å². The molecule has 3 aromatic rings. The molecule has 0 spiro atoms. The van der Waals surface area contributed by atoms with Crippen molar-refractivity contribution in [2.75, 3.05) is 31.7 Å². The standard InChI is InChI=1S/C26H31F2N5O4Si/c1-26(14-36-15-26)13-31-25(34)32-18-9-19(27)23(20(28)10-18)37-21-5-6-30-24-22(21)17(11-29)12-33(24)16-35-7-8-38(2,3)4/h5-6,9-10,12H,7-8,13-16H2,1-4H3,(H2,31,32,34). The molecule has 1 fully saturated rings. The number of urea groups is 1. The summed E-state index contributed by atoms with van der Waals surface area (Å²) in [5, 5.41) is 15.1. The Kier molecular flexibility index (Phi) is 8.01. The molecule has 0 aliphatic carbocycles. The normalized spacial score (nSPS) is 14.6. The van der Waals surface area contributed by atoms with E-state index in [1.165, 1.54) is 12.3 Å². The highest BCUT2D eigenvalue weighted by Gasteiger charge is 2.33. The fourth-order valence-electron chi connectivity index (χ4n) is 3.86. The highest BCUT2D eigenvalue weighted by Crippen LogP contribution is 2.36. The summed E-state index contributed by atoms with van der Waals surface area (Å²) < 4.78 is 48.1. The van der Waals surface area contributed by atoms with Crippen LogP contribution in [0.4, 0.5) is 19.3 Å². The zero-order valence-corrected chi connectivity index (χ0v) is 22.9. The van der Waals surface area contributed by atoms with Crippen LogP contribution in [-0.2, 0) is 16.2 Å². The molecule has 0 radical (unpaired) electrons. The van der Waals surface area contributed by atoms with Crippen molar-refractivity contribution >= 4 is 30.8 Å². The Morgan fingerprint density at radius 1 is 1.29 bits per heavy atom. The van der Waals surface area contributed by atoms with Crippen molar-refractivity contribution in [1.82, 2.24) is 14.9 Å². The van der Waals surface area contributed by atoms with Gasteiger partial charge in [-0.2, -0.15) is 5.26 Å². The van der Waals surface area contributed by atoms with E-state index in [4.69, 9.17) is 14.2 Å².